The summed E-state index contributed by atoms with van der Waals surface area (Å²) in [5.41, 5.74) is 3.15. The van der Waals surface area contributed by atoms with Crippen LogP contribution in [0.1, 0.15) is 51.3 Å². The van der Waals surface area contributed by atoms with E-state index in [2.05, 4.69) is 11.9 Å². The maximum Gasteiger partial charge on any atom is 0.411 e. The molecule has 56 heavy (non-hydrogen) atoms. The Hall–Kier alpha value is -4.63. The van der Waals surface area contributed by atoms with Crippen molar-refractivity contribution < 1.29 is 42.6 Å². The highest BCUT2D eigenvalue weighted by molar-refractivity contribution is 8.00. The van der Waals surface area contributed by atoms with Crippen molar-refractivity contribution in [2.45, 2.75) is 61.9 Å². The van der Waals surface area contributed by atoms with Crippen molar-refractivity contribution in [3.63, 3.8) is 0 Å². The standard InChI is InChI=1S/C40H39Cl2N3O9S2/c1-5-14-52-40(50)45-22(2)56-21-32(45)39(49)54-23(3)53-38(48)31(17-24-7-6-8-28(16-24)55-4)43-36(46)34-30(41)18-27-20-44(13-11-29(27)35(34)42)37(47)26-10-9-25-12-15-51-33(25)19-26/h5-10,12,15-16,18-19,22-23,31-32H,1,11,13-14,17,20-21H2,2-4H3,(H,43,46)/t22?,23?,31-,32?/m0/s1. The minimum Gasteiger partial charge on any atom is -0.464 e. The van der Waals surface area contributed by atoms with Gasteiger partial charge in [0.15, 0.2) is 0 Å². The summed E-state index contributed by atoms with van der Waals surface area (Å²) in [4.78, 5) is 70.9. The number of esters is 2. The molecule has 1 fully saturated rings. The Kier molecular flexibility index (Phi) is 13.3. The number of furan rings is 1. The molecule has 1 aromatic heterocycles. The molecule has 12 nitrogen and oxygen atoms in total. The predicted octanol–water partition coefficient (Wildman–Crippen LogP) is 7.52. The Morgan fingerprint density at radius 3 is 2.68 bits per heavy atom. The number of halogens is 2. The molecule has 4 aromatic rings. The summed E-state index contributed by atoms with van der Waals surface area (Å²) < 4.78 is 21.7. The molecule has 6 rings (SSSR count). The first-order valence-corrected chi connectivity index (χ1v) is 20.7. The Morgan fingerprint density at radius 1 is 1.11 bits per heavy atom. The van der Waals surface area contributed by atoms with Crippen molar-refractivity contribution >= 4 is 87.5 Å². The van der Waals surface area contributed by atoms with Gasteiger partial charge in [-0.05, 0) is 72.7 Å². The molecule has 0 spiro atoms. The van der Waals surface area contributed by atoms with Crippen LogP contribution in [0.4, 0.5) is 4.79 Å². The molecule has 16 heteroatoms. The first-order chi connectivity index (χ1) is 26.9. The van der Waals surface area contributed by atoms with Crippen LogP contribution in [0.3, 0.4) is 0 Å². The number of thioether (sulfide) groups is 2. The van der Waals surface area contributed by atoms with Gasteiger partial charge in [-0.1, -0.05) is 54.1 Å². The highest BCUT2D eigenvalue weighted by Gasteiger charge is 2.42. The molecule has 0 radical (unpaired) electrons. The molecule has 294 valence electrons. The van der Waals surface area contributed by atoms with Gasteiger partial charge in [-0.2, -0.15) is 0 Å². The molecular formula is C40H39Cl2N3O9S2. The Bertz CT molecular complexity index is 2180. The molecule has 2 aliphatic heterocycles. The predicted molar refractivity (Wildman–Crippen MR) is 215 cm³/mol. The van der Waals surface area contributed by atoms with Crippen molar-refractivity contribution in [2.75, 3.05) is 25.2 Å². The fraction of sp³-hybridized carbons (Fsp3) is 0.325. The number of amides is 3. The van der Waals surface area contributed by atoms with Gasteiger partial charge in [0.25, 0.3) is 11.8 Å². The zero-order chi connectivity index (χ0) is 40.1. The van der Waals surface area contributed by atoms with Crippen LogP contribution < -0.4 is 5.32 Å². The number of carbonyl (C=O) groups excluding carboxylic acids is 5. The first-order valence-electron chi connectivity index (χ1n) is 17.7. The molecule has 3 amide bonds. The second-order valence-corrected chi connectivity index (χ2v) is 16.1. The lowest BCUT2D eigenvalue weighted by atomic mass is 9.95. The maximum atomic E-state index is 14.0. The van der Waals surface area contributed by atoms with Gasteiger partial charge in [0, 0.05) is 48.0 Å². The minimum atomic E-state index is -1.37. The normalized spacial score (nSPS) is 17.4. The van der Waals surface area contributed by atoms with Crippen LogP contribution in [0.2, 0.25) is 10.0 Å². The number of benzene rings is 3. The van der Waals surface area contributed by atoms with Crippen LogP contribution in [-0.4, -0.2) is 88.6 Å². The third-order valence-electron chi connectivity index (χ3n) is 9.38. The SMILES string of the molecule is C=CCOC(=O)N1C(C)SCC1C(=O)OC(C)OC(=O)[C@H](Cc1cccc(SC)c1)NC(=O)c1c(Cl)cc2c(c1Cl)CCN(C(=O)c1ccc3ccoc3c1)C2. The number of nitrogens with one attached hydrogen (secondary N) is 1. The van der Waals surface area contributed by atoms with E-state index in [9.17, 15) is 24.0 Å². The fourth-order valence-electron chi connectivity index (χ4n) is 6.58. The minimum absolute atomic E-state index is 0.0260. The zero-order valence-corrected chi connectivity index (χ0v) is 33.9. The third-order valence-corrected chi connectivity index (χ3v) is 12.0. The van der Waals surface area contributed by atoms with Gasteiger partial charge >= 0.3 is 18.0 Å². The van der Waals surface area contributed by atoms with Gasteiger partial charge in [-0.15, -0.1) is 23.5 Å². The average Bonchev–Trinajstić information content (AvgIpc) is 3.82. The first kappa shape index (κ1) is 41.0. The quantitative estimate of drug-likeness (QED) is 0.0655. The smallest absolute Gasteiger partial charge is 0.411 e. The number of ether oxygens (including phenoxy) is 3. The van der Waals surface area contributed by atoms with Crippen molar-refractivity contribution in [1.82, 2.24) is 15.1 Å². The molecule has 0 aliphatic carbocycles. The largest absolute Gasteiger partial charge is 0.464 e. The monoisotopic (exact) mass is 839 g/mol. The lowest BCUT2D eigenvalue weighted by molar-refractivity contribution is -0.188. The van der Waals surface area contributed by atoms with E-state index in [0.29, 0.717) is 35.2 Å². The van der Waals surface area contributed by atoms with Crippen molar-refractivity contribution in [3.05, 3.63) is 111 Å². The molecule has 4 atom stereocenters. The van der Waals surface area contributed by atoms with Crippen LogP contribution in [0.15, 0.2) is 82.8 Å². The lowest BCUT2D eigenvalue weighted by Crippen LogP contribution is -2.47. The van der Waals surface area contributed by atoms with Gasteiger partial charge in [0.2, 0.25) is 6.29 Å². The van der Waals surface area contributed by atoms with Crippen molar-refractivity contribution in [3.8, 4) is 0 Å². The van der Waals surface area contributed by atoms with E-state index in [4.69, 9.17) is 41.8 Å². The summed E-state index contributed by atoms with van der Waals surface area (Å²) in [5.74, 6) is -2.30. The van der Waals surface area contributed by atoms with E-state index >= 15 is 0 Å². The molecule has 2 aliphatic rings. The Morgan fingerprint density at radius 2 is 1.91 bits per heavy atom. The molecule has 0 bridgehead atoms. The fourth-order valence-corrected chi connectivity index (χ4v) is 8.98. The average molecular weight is 841 g/mol. The number of carbonyl (C=O) groups is 5. The van der Waals surface area contributed by atoms with E-state index in [1.54, 1.807) is 36.3 Å². The van der Waals surface area contributed by atoms with Crippen LogP contribution in [-0.2, 0) is 43.2 Å². The van der Waals surface area contributed by atoms with Crippen LogP contribution in [0, 0.1) is 0 Å². The van der Waals surface area contributed by atoms with E-state index in [-0.39, 0.29) is 52.2 Å². The van der Waals surface area contributed by atoms with E-state index < -0.39 is 42.3 Å². The number of fused-ring (bicyclic) bond motifs is 2. The molecule has 1 N–H and O–H groups in total. The zero-order valence-electron chi connectivity index (χ0n) is 30.8. The van der Waals surface area contributed by atoms with Crippen molar-refractivity contribution in [2.24, 2.45) is 0 Å². The van der Waals surface area contributed by atoms with Gasteiger partial charge in [0.05, 0.1) is 27.2 Å². The highest BCUT2D eigenvalue weighted by atomic mass is 35.5. The van der Waals surface area contributed by atoms with Crippen molar-refractivity contribution in [1.29, 1.82) is 0 Å². The van der Waals surface area contributed by atoms with Gasteiger partial charge < -0.3 is 28.8 Å². The Balaban J connectivity index is 1.17. The number of rotatable bonds is 12. The number of hydrogen-bond donors (Lipinski definition) is 1. The molecule has 3 unspecified atom stereocenters. The molecule has 3 aromatic carbocycles. The molecule has 1 saturated heterocycles. The summed E-state index contributed by atoms with van der Waals surface area (Å²) in [7, 11) is 0. The van der Waals surface area contributed by atoms with E-state index in [1.165, 1.54) is 41.4 Å². The number of nitrogens with zero attached hydrogens (tertiary/aromatic N) is 2. The summed E-state index contributed by atoms with van der Waals surface area (Å²) in [6.07, 6.45) is 3.22. The summed E-state index contributed by atoms with van der Waals surface area (Å²) in [6.45, 7) is 7.20. The lowest BCUT2D eigenvalue weighted by Gasteiger charge is -2.30. The third kappa shape index (κ3) is 9.15. The van der Waals surface area contributed by atoms with Gasteiger partial charge in [-0.25, -0.2) is 14.4 Å². The maximum absolute atomic E-state index is 14.0. The van der Waals surface area contributed by atoms with E-state index in [0.717, 1.165) is 15.8 Å². The second-order valence-electron chi connectivity index (χ2n) is 13.1. The summed E-state index contributed by atoms with van der Waals surface area (Å²) >= 11 is 16.5. The summed E-state index contributed by atoms with van der Waals surface area (Å²) in [5, 5.41) is 3.44. The summed E-state index contributed by atoms with van der Waals surface area (Å²) in [6, 6.07) is 13.9. The van der Waals surface area contributed by atoms with Crippen LogP contribution >= 0.6 is 46.7 Å². The number of hydrogen-bond acceptors (Lipinski definition) is 11. The molecule has 0 saturated carbocycles. The Labute approximate surface area is 342 Å². The van der Waals surface area contributed by atoms with E-state index in [1.807, 2.05) is 42.7 Å². The molecular weight excluding hydrogens is 801 g/mol. The molecule has 3 heterocycles. The van der Waals surface area contributed by atoms with Gasteiger partial charge in [0.1, 0.15) is 24.3 Å². The topological polar surface area (TPSA) is 145 Å². The highest BCUT2D eigenvalue weighted by Crippen LogP contribution is 2.36. The van der Waals surface area contributed by atoms with Crippen LogP contribution in [0.5, 0.6) is 0 Å². The second kappa shape index (κ2) is 18.1. The van der Waals surface area contributed by atoms with Gasteiger partial charge in [-0.3, -0.25) is 14.5 Å². The van der Waals surface area contributed by atoms with Crippen LogP contribution in [0.25, 0.3) is 11.0 Å².